The van der Waals surface area contributed by atoms with Crippen molar-refractivity contribution in [3.63, 3.8) is 0 Å². The van der Waals surface area contributed by atoms with Crippen molar-refractivity contribution in [1.82, 2.24) is 0 Å². The summed E-state index contributed by atoms with van der Waals surface area (Å²) in [5.41, 5.74) is -7.68. The number of epoxide rings is 1. The number of Topliss-reactive ketones (excluding diaryl/α,β-unsaturated/α-hetero) is 1. The molecule has 0 radical (unpaired) electrons. The van der Waals surface area contributed by atoms with Crippen LogP contribution in [-0.4, -0.2) is 127 Å². The Morgan fingerprint density at radius 2 is 1.48 bits per heavy atom. The molecule has 5 aliphatic rings. The molecule has 3 aliphatic heterocycles. The largest absolute Gasteiger partial charge is 0.481 e. The average Bonchev–Trinajstić information content (AvgIpc) is 3.70. The van der Waals surface area contributed by atoms with Gasteiger partial charge in [-0.1, -0.05) is 48.5 Å². The van der Waals surface area contributed by atoms with Crippen molar-refractivity contribution in [2.24, 2.45) is 39.9 Å². The Bertz CT molecular complexity index is 1630. The van der Waals surface area contributed by atoms with Gasteiger partial charge < -0.3 is 59.1 Å². The number of fused-ring (bicyclic) bond motifs is 2. The fourth-order valence-electron chi connectivity index (χ4n) is 9.14. The first-order chi connectivity index (χ1) is 25.7. The quantitative estimate of drug-likeness (QED) is 0.159. The Hall–Kier alpha value is -3.94. The molecule has 18 nitrogen and oxygen atoms in total. The molecule has 6 rings (SSSR count). The molecule has 316 valence electrons. The van der Waals surface area contributed by atoms with E-state index >= 15 is 0 Å². The van der Waals surface area contributed by atoms with Crippen LogP contribution in [0.1, 0.15) is 86.8 Å². The number of ketones is 1. The van der Waals surface area contributed by atoms with Crippen LogP contribution in [0.15, 0.2) is 23.0 Å². The number of hydrogen-bond donors (Lipinski definition) is 7. The van der Waals surface area contributed by atoms with Gasteiger partial charge in [-0.25, -0.2) is 4.79 Å². The number of aliphatic carboxylic acids is 3. The Labute approximate surface area is 324 Å². The number of esters is 2. The number of rotatable bonds is 6. The number of ether oxygens (including phenoxy) is 4. The number of aliphatic hydroxyl groups is 4. The lowest BCUT2D eigenvalue weighted by molar-refractivity contribution is -0.399. The molecular weight excluding hydrogens is 744 g/mol. The van der Waals surface area contributed by atoms with E-state index in [4.69, 9.17) is 43.5 Å². The summed E-state index contributed by atoms with van der Waals surface area (Å²) in [7, 11) is 1.22. The van der Waals surface area contributed by atoms with Gasteiger partial charge in [0.2, 0.25) is 0 Å². The number of methoxy groups -OCH3 is 1. The molecule has 56 heavy (non-hydrogen) atoms. The summed E-state index contributed by atoms with van der Waals surface area (Å²) in [5, 5.41) is 69.8. The minimum Gasteiger partial charge on any atom is -0.481 e. The predicted molar refractivity (Wildman–Crippen MR) is 189 cm³/mol. The van der Waals surface area contributed by atoms with Crippen LogP contribution in [0.2, 0.25) is 0 Å². The Kier molecular flexibility index (Phi) is 13.7. The summed E-state index contributed by atoms with van der Waals surface area (Å²) >= 11 is 0. The Morgan fingerprint density at radius 1 is 0.946 bits per heavy atom. The van der Waals surface area contributed by atoms with Gasteiger partial charge in [0.15, 0.2) is 11.9 Å². The highest BCUT2D eigenvalue weighted by molar-refractivity contribution is 5.93. The van der Waals surface area contributed by atoms with Gasteiger partial charge in [0.05, 0.1) is 61.6 Å². The molecule has 1 aromatic rings. The van der Waals surface area contributed by atoms with Crippen LogP contribution >= 0.6 is 0 Å². The molecule has 3 saturated heterocycles. The first kappa shape index (κ1) is 46.4. The van der Waals surface area contributed by atoms with E-state index in [-0.39, 0.29) is 24.9 Å². The zero-order chi connectivity index (χ0) is 43.1. The summed E-state index contributed by atoms with van der Waals surface area (Å²) in [5.74, 6) is -7.04. The van der Waals surface area contributed by atoms with Crippen molar-refractivity contribution in [1.29, 1.82) is 0 Å². The monoisotopic (exact) mass is 800 g/mol. The fourth-order valence-corrected chi connectivity index (χ4v) is 9.14. The molecule has 7 N–H and O–H groups in total. The summed E-state index contributed by atoms with van der Waals surface area (Å²) in [6.07, 6.45) is -6.33. The molecule has 5 fully saturated rings. The maximum atomic E-state index is 14.4. The third-order valence-electron chi connectivity index (χ3n) is 12.4. The molecule has 0 amide bonds. The number of carbonyl (C=O) groups is 6. The van der Waals surface area contributed by atoms with E-state index in [0.29, 0.717) is 5.56 Å². The summed E-state index contributed by atoms with van der Waals surface area (Å²) in [6, 6.07) is 1.51. The van der Waals surface area contributed by atoms with Gasteiger partial charge in [-0.3, -0.25) is 24.0 Å². The lowest BCUT2D eigenvalue weighted by atomic mass is 9.38. The number of cyclic esters (lactones) is 1. The van der Waals surface area contributed by atoms with Crippen LogP contribution in [0, 0.1) is 39.9 Å². The molecule has 2 spiro atoms. The van der Waals surface area contributed by atoms with Crippen molar-refractivity contribution in [3.05, 3.63) is 24.2 Å². The van der Waals surface area contributed by atoms with Crippen molar-refractivity contribution < 1.29 is 87.9 Å². The number of carboxylic acids is 3. The Morgan fingerprint density at radius 3 is 1.88 bits per heavy atom. The van der Waals surface area contributed by atoms with E-state index in [1.165, 1.54) is 32.6 Å². The van der Waals surface area contributed by atoms with Gasteiger partial charge in [-0.05, 0) is 30.7 Å². The van der Waals surface area contributed by atoms with Crippen LogP contribution in [0.25, 0.3) is 0 Å². The molecule has 18 heteroatoms. The first-order valence-electron chi connectivity index (χ1n) is 18.3. The third kappa shape index (κ3) is 7.23. The third-order valence-corrected chi connectivity index (χ3v) is 12.4. The summed E-state index contributed by atoms with van der Waals surface area (Å²) in [6.45, 7) is 14.3. The number of hydrogen-bond acceptors (Lipinski definition) is 15. The Balaban J connectivity index is 0.000000416. The molecule has 13 atom stereocenters. The molecule has 4 heterocycles. The number of aliphatic hydroxyl groups excluding tert-OH is 4. The average molecular weight is 801 g/mol. The van der Waals surface area contributed by atoms with E-state index in [1.807, 2.05) is 6.92 Å². The van der Waals surface area contributed by atoms with Gasteiger partial charge in [-0.2, -0.15) is 0 Å². The van der Waals surface area contributed by atoms with Crippen LogP contribution in [0.4, 0.5) is 0 Å². The topological polar surface area (TPSA) is 297 Å². The minimum absolute atomic E-state index is 0.0967. The number of carbonyl (C=O) groups excluding carboxylic acids is 3. The molecule has 13 unspecified atom stereocenters. The maximum Gasteiger partial charge on any atom is 0.338 e. The molecule has 2 saturated carbocycles. The molecule has 1 aromatic heterocycles. The normalized spacial score (nSPS) is 39.0. The molecule has 2 bridgehead atoms. The zero-order valence-corrected chi connectivity index (χ0v) is 33.2. The van der Waals surface area contributed by atoms with Crippen molar-refractivity contribution in [2.75, 3.05) is 13.7 Å². The first-order valence-corrected chi connectivity index (χ1v) is 18.3. The second-order valence-corrected chi connectivity index (χ2v) is 16.4. The van der Waals surface area contributed by atoms with Gasteiger partial charge >= 0.3 is 23.9 Å². The maximum absolute atomic E-state index is 14.4. The second kappa shape index (κ2) is 16.5. The lowest BCUT2D eigenvalue weighted by Crippen LogP contribution is -2.89. The zero-order valence-electron chi connectivity index (χ0n) is 33.2. The van der Waals surface area contributed by atoms with Crippen LogP contribution in [0.5, 0.6) is 0 Å². The highest BCUT2D eigenvalue weighted by Gasteiger charge is 2.92. The highest BCUT2D eigenvalue weighted by Crippen LogP contribution is 2.76. The fraction of sp³-hybridized carbons (Fsp3) is 0.737. The van der Waals surface area contributed by atoms with Crippen molar-refractivity contribution in [3.8, 4) is 0 Å². The van der Waals surface area contributed by atoms with Crippen LogP contribution < -0.4 is 0 Å². The SMILES string of the molecule is CC(=O)O.CC(C)C(=O)O.CCC(C)C(=O)O.COC(=O)CC1C(C)(C)C(O)C(O)C2OC34C(O)C(=O)OC(c5ccoc5)C3(C)C(O)C(=O)C(C21C)C41CO1. The van der Waals surface area contributed by atoms with E-state index < -0.39 is 112 Å². The summed E-state index contributed by atoms with van der Waals surface area (Å²) in [4.78, 5) is 68.9. The number of furan rings is 1. The van der Waals surface area contributed by atoms with Gasteiger partial charge in [0.1, 0.15) is 29.5 Å². The summed E-state index contributed by atoms with van der Waals surface area (Å²) < 4.78 is 28.5. The minimum atomic E-state index is -2.07. The van der Waals surface area contributed by atoms with E-state index in [9.17, 15) is 44.4 Å². The lowest BCUT2D eigenvalue weighted by Gasteiger charge is -2.73. The highest BCUT2D eigenvalue weighted by atomic mass is 16.7. The number of carboxylic acid groups (broad SMARTS) is 3. The standard InChI is InChI=1S/C27H34O12.C5H10O2.C4H8O2.C2H4O2/c1-23(2)12(8-13(28)35-5)24(3)16-14(29)18(32)25(4)20(11-6-7-36-9-11)38-22(34)19(33)27(25,26(16)10-37-26)39-21(24)15(30)17(23)31;1-3-4(2)5(6)7;1-3(2)4(5)6;1-2(3)4/h6-7,9,12,15-21,30-33H,8,10H2,1-5H3;4H,3H2,1-2H3,(H,6,7);3H,1-2H3,(H,5,6);1H3,(H,3,4). The van der Waals surface area contributed by atoms with E-state index in [0.717, 1.165) is 13.3 Å². The van der Waals surface area contributed by atoms with E-state index in [1.54, 1.807) is 41.5 Å². The van der Waals surface area contributed by atoms with E-state index in [2.05, 4.69) is 0 Å². The smallest absolute Gasteiger partial charge is 0.338 e. The molecule has 2 aliphatic carbocycles. The van der Waals surface area contributed by atoms with Crippen LogP contribution in [0.3, 0.4) is 0 Å². The van der Waals surface area contributed by atoms with Gasteiger partial charge in [0.25, 0.3) is 5.97 Å². The van der Waals surface area contributed by atoms with Crippen molar-refractivity contribution in [2.45, 2.75) is 123 Å². The van der Waals surface area contributed by atoms with Crippen LogP contribution in [-0.2, 0) is 47.7 Å². The molecular formula is C38H56O18. The van der Waals surface area contributed by atoms with Crippen molar-refractivity contribution >= 4 is 35.6 Å². The second-order valence-electron chi connectivity index (χ2n) is 16.4. The van der Waals surface area contributed by atoms with Gasteiger partial charge in [-0.15, -0.1) is 0 Å². The molecule has 0 aromatic carbocycles. The van der Waals surface area contributed by atoms with Gasteiger partial charge in [0, 0.05) is 24.3 Å². The predicted octanol–water partition coefficient (Wildman–Crippen LogP) is 1.59.